The molecule has 1 aromatic rings. The summed E-state index contributed by atoms with van der Waals surface area (Å²) in [5, 5.41) is 5.55. The number of carbonyl (C=O) groups is 3. The van der Waals surface area contributed by atoms with Gasteiger partial charge in [0.15, 0.2) is 0 Å². The van der Waals surface area contributed by atoms with E-state index in [1.807, 2.05) is 30.3 Å². The highest BCUT2D eigenvalue weighted by molar-refractivity contribution is 5.81. The van der Waals surface area contributed by atoms with Crippen LogP contribution in [0.4, 0.5) is 4.79 Å². The molecular weight excluding hydrogens is 504 g/mol. The first-order valence-corrected chi connectivity index (χ1v) is 15.9. The van der Waals surface area contributed by atoms with Crippen molar-refractivity contribution < 1.29 is 23.9 Å². The molecule has 7 nitrogen and oxygen atoms in total. The smallest absolute Gasteiger partial charge is 0.408 e. The summed E-state index contributed by atoms with van der Waals surface area (Å²) in [6.45, 7) is 2.96. The molecule has 0 aliphatic rings. The zero-order valence-corrected chi connectivity index (χ0v) is 25.4. The van der Waals surface area contributed by atoms with Gasteiger partial charge in [-0.25, -0.2) is 9.59 Å². The molecule has 7 heteroatoms. The van der Waals surface area contributed by atoms with Gasteiger partial charge in [0, 0.05) is 13.0 Å². The third-order valence-corrected chi connectivity index (χ3v) is 7.24. The molecule has 0 heterocycles. The first kappa shape index (κ1) is 35.5. The molecule has 0 saturated carbocycles. The molecule has 1 rings (SSSR count). The lowest BCUT2D eigenvalue weighted by Gasteiger charge is -2.16. The number of ether oxygens (including phenoxy) is 2. The summed E-state index contributed by atoms with van der Waals surface area (Å²) in [5.74, 6) is -0.421. The SMILES string of the molecule is CCCCCCCCCCCCCCCCCC(=O)NCCCC[C@H](NC(=O)OCc1ccccc1)C(=O)OC. The van der Waals surface area contributed by atoms with Crippen LogP contribution in [-0.4, -0.2) is 37.7 Å². The summed E-state index contributed by atoms with van der Waals surface area (Å²) < 4.78 is 10.0. The fourth-order valence-corrected chi connectivity index (χ4v) is 4.74. The highest BCUT2D eigenvalue weighted by atomic mass is 16.6. The average Bonchev–Trinajstić information content (AvgIpc) is 2.97. The summed E-state index contributed by atoms with van der Waals surface area (Å²) in [6.07, 6.45) is 21.4. The van der Waals surface area contributed by atoms with Crippen molar-refractivity contribution in [2.24, 2.45) is 0 Å². The number of hydrogen-bond donors (Lipinski definition) is 2. The predicted octanol–water partition coefficient (Wildman–Crippen LogP) is 8.00. The second kappa shape index (κ2) is 25.4. The van der Waals surface area contributed by atoms with E-state index in [0.717, 1.165) is 24.8 Å². The Hall–Kier alpha value is -2.57. The van der Waals surface area contributed by atoms with E-state index in [1.54, 1.807) is 0 Å². The molecule has 0 spiro atoms. The number of benzene rings is 1. The van der Waals surface area contributed by atoms with Crippen LogP contribution in [0, 0.1) is 0 Å². The molecule has 0 saturated heterocycles. The van der Waals surface area contributed by atoms with Crippen LogP contribution in [0.3, 0.4) is 0 Å². The molecule has 0 aliphatic heterocycles. The van der Waals surface area contributed by atoms with Gasteiger partial charge in [0.05, 0.1) is 7.11 Å². The van der Waals surface area contributed by atoms with Crippen molar-refractivity contribution >= 4 is 18.0 Å². The van der Waals surface area contributed by atoms with Crippen LogP contribution in [0.25, 0.3) is 0 Å². The van der Waals surface area contributed by atoms with Crippen molar-refractivity contribution in [1.29, 1.82) is 0 Å². The van der Waals surface area contributed by atoms with Crippen LogP contribution in [0.2, 0.25) is 0 Å². The average molecular weight is 561 g/mol. The van der Waals surface area contributed by atoms with Crippen molar-refractivity contribution in [3.63, 3.8) is 0 Å². The number of carbonyl (C=O) groups excluding carboxylic acids is 3. The lowest BCUT2D eigenvalue weighted by atomic mass is 10.0. The van der Waals surface area contributed by atoms with Crippen molar-refractivity contribution in [1.82, 2.24) is 10.6 Å². The van der Waals surface area contributed by atoms with Crippen LogP contribution in [-0.2, 0) is 25.7 Å². The minimum Gasteiger partial charge on any atom is -0.467 e. The maximum absolute atomic E-state index is 12.1. The van der Waals surface area contributed by atoms with Crippen molar-refractivity contribution in [2.75, 3.05) is 13.7 Å². The molecule has 2 amide bonds. The Balaban J connectivity index is 1.98. The lowest BCUT2D eigenvalue weighted by Crippen LogP contribution is -2.41. The Bertz CT molecular complexity index is 771. The maximum Gasteiger partial charge on any atom is 0.408 e. The van der Waals surface area contributed by atoms with Crippen LogP contribution < -0.4 is 10.6 Å². The van der Waals surface area contributed by atoms with E-state index in [-0.39, 0.29) is 12.5 Å². The van der Waals surface area contributed by atoms with Crippen LogP contribution in [0.5, 0.6) is 0 Å². The monoisotopic (exact) mass is 560 g/mol. The standard InChI is InChI=1S/C33H56N2O5/c1-3-4-5-6-7-8-9-10-11-12-13-14-15-16-20-26-31(36)34-27-22-21-25-30(32(37)39-2)35-33(38)40-28-29-23-18-17-19-24-29/h17-19,23-24,30H,3-16,20-22,25-28H2,1-2H3,(H,34,36)(H,35,38)/t30-/m0/s1. The number of nitrogens with one attached hydrogen (secondary N) is 2. The van der Waals surface area contributed by atoms with Crippen LogP contribution in [0.15, 0.2) is 30.3 Å². The molecule has 1 aromatic carbocycles. The van der Waals surface area contributed by atoms with Crippen molar-refractivity contribution in [2.45, 2.75) is 142 Å². The molecule has 40 heavy (non-hydrogen) atoms. The molecule has 2 N–H and O–H groups in total. The number of methoxy groups -OCH3 is 1. The van der Waals surface area contributed by atoms with Gasteiger partial charge in [-0.3, -0.25) is 4.79 Å². The third kappa shape index (κ3) is 20.3. The van der Waals surface area contributed by atoms with Crippen LogP contribution >= 0.6 is 0 Å². The van der Waals surface area contributed by atoms with Gasteiger partial charge in [0.1, 0.15) is 12.6 Å². The lowest BCUT2D eigenvalue weighted by molar-refractivity contribution is -0.143. The molecule has 0 radical (unpaired) electrons. The zero-order chi connectivity index (χ0) is 29.1. The van der Waals surface area contributed by atoms with Gasteiger partial charge in [0.25, 0.3) is 0 Å². The summed E-state index contributed by atoms with van der Waals surface area (Å²) >= 11 is 0. The molecule has 0 fully saturated rings. The summed E-state index contributed by atoms with van der Waals surface area (Å²) in [5.41, 5.74) is 0.868. The van der Waals surface area contributed by atoms with E-state index in [2.05, 4.69) is 17.6 Å². The van der Waals surface area contributed by atoms with Crippen molar-refractivity contribution in [3.05, 3.63) is 35.9 Å². The number of rotatable bonds is 25. The summed E-state index contributed by atoms with van der Waals surface area (Å²) in [7, 11) is 1.30. The van der Waals surface area contributed by atoms with Crippen LogP contribution in [0.1, 0.15) is 134 Å². The largest absolute Gasteiger partial charge is 0.467 e. The molecule has 0 aliphatic carbocycles. The first-order valence-electron chi connectivity index (χ1n) is 15.9. The molecule has 0 bridgehead atoms. The fraction of sp³-hybridized carbons (Fsp3) is 0.727. The van der Waals surface area contributed by atoms with E-state index in [4.69, 9.17) is 9.47 Å². The number of hydrogen-bond acceptors (Lipinski definition) is 5. The zero-order valence-electron chi connectivity index (χ0n) is 25.4. The molecule has 228 valence electrons. The second-order valence-electron chi connectivity index (χ2n) is 10.8. The fourth-order valence-electron chi connectivity index (χ4n) is 4.74. The Morgan fingerprint density at radius 2 is 1.27 bits per heavy atom. The van der Waals surface area contributed by atoms with Gasteiger partial charge in [-0.1, -0.05) is 127 Å². The molecule has 1 atom stereocenters. The summed E-state index contributed by atoms with van der Waals surface area (Å²) in [4.78, 5) is 36.3. The predicted molar refractivity (Wildman–Crippen MR) is 162 cm³/mol. The van der Waals surface area contributed by atoms with E-state index >= 15 is 0 Å². The van der Waals surface area contributed by atoms with Crippen molar-refractivity contribution in [3.8, 4) is 0 Å². The quantitative estimate of drug-likeness (QED) is 0.0933. The molecule has 0 unspecified atom stereocenters. The maximum atomic E-state index is 12.1. The third-order valence-electron chi connectivity index (χ3n) is 7.24. The second-order valence-corrected chi connectivity index (χ2v) is 10.8. The Morgan fingerprint density at radius 1 is 0.725 bits per heavy atom. The number of unbranched alkanes of at least 4 members (excludes halogenated alkanes) is 15. The molecular formula is C33H56N2O5. The minimum absolute atomic E-state index is 0.0850. The van der Waals surface area contributed by atoms with Gasteiger partial charge < -0.3 is 20.1 Å². The minimum atomic E-state index is -0.774. The highest BCUT2D eigenvalue weighted by Crippen LogP contribution is 2.14. The topological polar surface area (TPSA) is 93.7 Å². The summed E-state index contributed by atoms with van der Waals surface area (Å²) in [6, 6.07) is 8.57. The molecule has 0 aromatic heterocycles. The Morgan fingerprint density at radius 3 is 1.82 bits per heavy atom. The number of amides is 2. The van der Waals surface area contributed by atoms with Gasteiger partial charge in [-0.15, -0.1) is 0 Å². The van der Waals surface area contributed by atoms with E-state index in [1.165, 1.54) is 90.6 Å². The number of esters is 1. The highest BCUT2D eigenvalue weighted by Gasteiger charge is 2.21. The van der Waals surface area contributed by atoms with Gasteiger partial charge in [0.2, 0.25) is 5.91 Å². The van der Waals surface area contributed by atoms with Gasteiger partial charge in [-0.2, -0.15) is 0 Å². The van der Waals surface area contributed by atoms with Gasteiger partial charge in [-0.05, 0) is 31.2 Å². The number of alkyl carbamates (subject to hydrolysis) is 1. The Kier molecular flexibility index (Phi) is 22.5. The van der Waals surface area contributed by atoms with E-state index in [0.29, 0.717) is 25.8 Å². The Labute approximate surface area is 243 Å². The normalized spacial score (nSPS) is 11.6. The van der Waals surface area contributed by atoms with Gasteiger partial charge >= 0.3 is 12.1 Å². The first-order chi connectivity index (χ1) is 19.6. The van der Waals surface area contributed by atoms with E-state index in [9.17, 15) is 14.4 Å². The van der Waals surface area contributed by atoms with E-state index < -0.39 is 18.1 Å².